The summed E-state index contributed by atoms with van der Waals surface area (Å²) in [4.78, 5) is 9.80. The Morgan fingerprint density at radius 2 is 2.38 bits per heavy atom. The van der Waals surface area contributed by atoms with Gasteiger partial charge < -0.3 is 10.1 Å². The van der Waals surface area contributed by atoms with Gasteiger partial charge in [-0.3, -0.25) is 0 Å². The molecule has 0 aromatic carbocycles. The lowest BCUT2D eigenvalue weighted by Crippen LogP contribution is -1.99. The summed E-state index contributed by atoms with van der Waals surface area (Å²) in [5.74, 6) is -0.0727. The molecule has 0 bridgehead atoms. The van der Waals surface area contributed by atoms with Crippen molar-refractivity contribution in [3.05, 3.63) is 22.4 Å². The van der Waals surface area contributed by atoms with Crippen LogP contribution in [-0.2, 0) is 6.54 Å². The van der Waals surface area contributed by atoms with Gasteiger partial charge >= 0.3 is 5.82 Å². The van der Waals surface area contributed by atoms with Crippen LogP contribution in [0, 0.1) is 10.1 Å². The zero-order valence-corrected chi connectivity index (χ0v) is 7.64. The highest BCUT2D eigenvalue weighted by molar-refractivity contribution is 5.13. The second kappa shape index (κ2) is 4.59. The minimum Gasteiger partial charge on any atom is -0.358 e. The fourth-order valence-electron chi connectivity index (χ4n) is 1.10. The van der Waals surface area contributed by atoms with Gasteiger partial charge in [0.15, 0.2) is 0 Å². The normalized spacial score (nSPS) is 10.2. The lowest BCUT2D eigenvalue weighted by atomic mass is 10.2. The van der Waals surface area contributed by atoms with Gasteiger partial charge in [0.05, 0.1) is 23.9 Å². The average molecular weight is 183 g/mol. The standard InChI is InChI=1S/C8H13N3O2/c1-2-3-4-6-10-7-5-8(9-10)11(12)13/h5,7H,2-4,6H2,1H3. The maximum atomic E-state index is 10.3. The van der Waals surface area contributed by atoms with Crippen LogP contribution in [0.1, 0.15) is 26.2 Å². The number of hydrogen-bond donors (Lipinski definition) is 0. The van der Waals surface area contributed by atoms with Crippen LogP contribution in [0.4, 0.5) is 5.82 Å². The molecule has 1 rings (SSSR count). The van der Waals surface area contributed by atoms with Crippen molar-refractivity contribution >= 4 is 5.82 Å². The van der Waals surface area contributed by atoms with Gasteiger partial charge in [-0.25, -0.2) is 0 Å². The van der Waals surface area contributed by atoms with Crippen molar-refractivity contribution in [1.82, 2.24) is 9.78 Å². The van der Waals surface area contributed by atoms with E-state index in [1.54, 1.807) is 10.9 Å². The molecular formula is C8H13N3O2. The minimum absolute atomic E-state index is 0.0727. The first-order valence-electron chi connectivity index (χ1n) is 4.42. The molecule has 0 aliphatic rings. The van der Waals surface area contributed by atoms with E-state index in [2.05, 4.69) is 12.0 Å². The Bertz CT molecular complexity index is 283. The Morgan fingerprint density at radius 3 is 2.92 bits per heavy atom. The highest BCUT2D eigenvalue weighted by Crippen LogP contribution is 2.06. The van der Waals surface area contributed by atoms with Gasteiger partial charge in [0, 0.05) is 0 Å². The largest absolute Gasteiger partial charge is 0.389 e. The van der Waals surface area contributed by atoms with Crippen molar-refractivity contribution in [2.24, 2.45) is 0 Å². The van der Waals surface area contributed by atoms with Crippen LogP contribution >= 0.6 is 0 Å². The molecule has 13 heavy (non-hydrogen) atoms. The monoisotopic (exact) mass is 183 g/mol. The van der Waals surface area contributed by atoms with Gasteiger partial charge in [0.2, 0.25) is 0 Å². The lowest BCUT2D eigenvalue weighted by molar-refractivity contribution is -0.389. The van der Waals surface area contributed by atoms with Crippen LogP contribution < -0.4 is 0 Å². The van der Waals surface area contributed by atoms with Crippen molar-refractivity contribution in [3.63, 3.8) is 0 Å². The first kappa shape index (κ1) is 9.70. The highest BCUT2D eigenvalue weighted by atomic mass is 16.6. The summed E-state index contributed by atoms with van der Waals surface area (Å²) >= 11 is 0. The van der Waals surface area contributed by atoms with Crippen molar-refractivity contribution in [3.8, 4) is 0 Å². The first-order valence-corrected chi connectivity index (χ1v) is 4.42. The van der Waals surface area contributed by atoms with E-state index in [4.69, 9.17) is 0 Å². The van der Waals surface area contributed by atoms with Gasteiger partial charge in [-0.1, -0.05) is 19.8 Å². The van der Waals surface area contributed by atoms with E-state index < -0.39 is 4.92 Å². The van der Waals surface area contributed by atoms with E-state index in [1.807, 2.05) is 0 Å². The Morgan fingerprint density at radius 1 is 1.62 bits per heavy atom. The summed E-state index contributed by atoms with van der Waals surface area (Å²) in [5.41, 5.74) is 0. The third kappa shape index (κ3) is 2.85. The molecule has 1 aromatic rings. The summed E-state index contributed by atoms with van der Waals surface area (Å²) in [6.07, 6.45) is 4.94. The summed E-state index contributed by atoms with van der Waals surface area (Å²) in [6, 6.07) is 1.42. The predicted octanol–water partition coefficient (Wildman–Crippen LogP) is 1.98. The molecule has 0 saturated heterocycles. The fraction of sp³-hybridized carbons (Fsp3) is 0.625. The van der Waals surface area contributed by atoms with Crippen LogP contribution in [0.5, 0.6) is 0 Å². The number of aryl methyl sites for hydroxylation is 1. The first-order chi connectivity index (χ1) is 6.24. The van der Waals surface area contributed by atoms with Crippen LogP contribution in [0.2, 0.25) is 0 Å². The smallest absolute Gasteiger partial charge is 0.358 e. The fourth-order valence-corrected chi connectivity index (χ4v) is 1.10. The van der Waals surface area contributed by atoms with Crippen LogP contribution in [0.25, 0.3) is 0 Å². The lowest BCUT2D eigenvalue weighted by Gasteiger charge is -1.94. The zero-order valence-electron chi connectivity index (χ0n) is 7.64. The SMILES string of the molecule is CCCCCn1ccc([N+](=O)[O-])n1. The van der Waals surface area contributed by atoms with Crippen molar-refractivity contribution < 1.29 is 4.92 Å². The predicted molar refractivity (Wildman–Crippen MR) is 48.4 cm³/mol. The molecule has 0 N–H and O–H groups in total. The van der Waals surface area contributed by atoms with Gasteiger partial charge in [-0.05, 0) is 11.3 Å². The van der Waals surface area contributed by atoms with E-state index in [-0.39, 0.29) is 5.82 Å². The summed E-state index contributed by atoms with van der Waals surface area (Å²) < 4.78 is 1.62. The molecule has 0 unspecified atom stereocenters. The molecule has 1 aromatic heterocycles. The Kier molecular flexibility index (Phi) is 3.42. The Labute approximate surface area is 76.5 Å². The Hall–Kier alpha value is -1.39. The molecular weight excluding hydrogens is 170 g/mol. The molecule has 5 nitrogen and oxygen atoms in total. The summed E-state index contributed by atoms with van der Waals surface area (Å²) in [7, 11) is 0. The molecule has 0 spiro atoms. The highest BCUT2D eigenvalue weighted by Gasteiger charge is 2.09. The number of rotatable bonds is 5. The van der Waals surface area contributed by atoms with E-state index in [0.29, 0.717) is 0 Å². The molecule has 0 radical (unpaired) electrons. The number of nitrogens with zero attached hydrogens (tertiary/aromatic N) is 3. The molecule has 1 heterocycles. The van der Waals surface area contributed by atoms with Gasteiger partial charge in [-0.2, -0.15) is 4.68 Å². The maximum Gasteiger partial charge on any atom is 0.389 e. The summed E-state index contributed by atoms with van der Waals surface area (Å²) in [6.45, 7) is 2.88. The maximum absolute atomic E-state index is 10.3. The number of hydrogen-bond acceptors (Lipinski definition) is 3. The molecule has 72 valence electrons. The zero-order chi connectivity index (χ0) is 9.68. The van der Waals surface area contributed by atoms with E-state index in [9.17, 15) is 10.1 Å². The third-order valence-electron chi connectivity index (χ3n) is 1.80. The average Bonchev–Trinajstić information content (AvgIpc) is 2.53. The van der Waals surface area contributed by atoms with Crippen molar-refractivity contribution in [2.45, 2.75) is 32.7 Å². The quantitative estimate of drug-likeness (QED) is 0.398. The molecule has 0 amide bonds. The van der Waals surface area contributed by atoms with Crippen molar-refractivity contribution in [2.75, 3.05) is 0 Å². The topological polar surface area (TPSA) is 61.0 Å². The Balaban J connectivity index is 2.44. The van der Waals surface area contributed by atoms with Crippen molar-refractivity contribution in [1.29, 1.82) is 0 Å². The minimum atomic E-state index is -0.476. The second-order valence-electron chi connectivity index (χ2n) is 2.90. The molecule has 0 saturated carbocycles. The van der Waals surface area contributed by atoms with Crippen LogP contribution in [0.3, 0.4) is 0 Å². The second-order valence-corrected chi connectivity index (χ2v) is 2.90. The van der Waals surface area contributed by atoms with E-state index in [1.165, 1.54) is 6.07 Å². The number of unbranched alkanes of at least 4 members (excludes halogenated alkanes) is 2. The van der Waals surface area contributed by atoms with Gasteiger partial charge in [0.25, 0.3) is 0 Å². The summed E-state index contributed by atoms with van der Waals surface area (Å²) in [5, 5.41) is 14.1. The molecule has 0 aliphatic carbocycles. The van der Waals surface area contributed by atoms with E-state index in [0.717, 1.165) is 25.8 Å². The van der Waals surface area contributed by atoms with Gasteiger partial charge in [-0.15, -0.1) is 0 Å². The number of aromatic nitrogens is 2. The van der Waals surface area contributed by atoms with Crippen LogP contribution in [0.15, 0.2) is 12.3 Å². The number of nitro groups is 1. The third-order valence-corrected chi connectivity index (χ3v) is 1.80. The van der Waals surface area contributed by atoms with Crippen LogP contribution in [-0.4, -0.2) is 14.7 Å². The molecule has 0 aliphatic heterocycles. The molecule has 0 fully saturated rings. The van der Waals surface area contributed by atoms with E-state index >= 15 is 0 Å². The van der Waals surface area contributed by atoms with Gasteiger partial charge in [0.1, 0.15) is 0 Å². The molecule has 5 heteroatoms. The molecule has 0 atom stereocenters.